The summed E-state index contributed by atoms with van der Waals surface area (Å²) in [7, 11) is 0. The molecule has 2 N–H and O–H groups in total. The number of aromatic carboxylic acids is 1. The molecule has 0 saturated carbocycles. The summed E-state index contributed by atoms with van der Waals surface area (Å²) >= 11 is 2.86. The summed E-state index contributed by atoms with van der Waals surface area (Å²) in [6, 6.07) is 3.50. The van der Waals surface area contributed by atoms with Crippen molar-refractivity contribution in [2.45, 2.75) is 0 Å². The summed E-state index contributed by atoms with van der Waals surface area (Å²) in [5.74, 6) is -3.21. The van der Waals surface area contributed by atoms with Crippen LogP contribution in [-0.4, -0.2) is 21.3 Å². The first-order chi connectivity index (χ1) is 7.99. The Morgan fingerprint density at radius 3 is 2.59 bits per heavy atom. The van der Waals surface area contributed by atoms with Gasteiger partial charge in [-0.05, 0) is 34.1 Å². The largest absolute Gasteiger partial charge is 0.477 e. The molecule has 4 nitrogen and oxygen atoms in total. The molecule has 88 valence electrons. The van der Waals surface area contributed by atoms with Crippen LogP contribution in [0.4, 0.5) is 8.78 Å². The molecule has 2 aromatic rings. The Kier molecular flexibility index (Phi) is 2.93. The molecule has 2 rings (SSSR count). The monoisotopic (exact) mass is 302 g/mol. The van der Waals surface area contributed by atoms with E-state index in [1.165, 1.54) is 12.1 Å². The normalized spacial score (nSPS) is 10.5. The number of carboxylic acids is 1. The van der Waals surface area contributed by atoms with Gasteiger partial charge in [-0.15, -0.1) is 0 Å². The second kappa shape index (κ2) is 4.25. The van der Waals surface area contributed by atoms with Gasteiger partial charge in [-0.25, -0.2) is 13.6 Å². The summed E-state index contributed by atoms with van der Waals surface area (Å²) < 4.78 is 26.1. The molecular formula is C10H5BrF2N2O2. The van der Waals surface area contributed by atoms with E-state index in [0.29, 0.717) is 0 Å². The van der Waals surface area contributed by atoms with Crippen LogP contribution in [0.2, 0.25) is 0 Å². The summed E-state index contributed by atoms with van der Waals surface area (Å²) in [6.07, 6.45) is 0. The fourth-order valence-electron chi connectivity index (χ4n) is 1.28. The van der Waals surface area contributed by atoms with Gasteiger partial charge in [0.2, 0.25) is 0 Å². The van der Waals surface area contributed by atoms with Gasteiger partial charge in [-0.3, -0.25) is 5.10 Å². The zero-order valence-electron chi connectivity index (χ0n) is 8.17. The van der Waals surface area contributed by atoms with Gasteiger partial charge in [0.05, 0.1) is 10.2 Å². The predicted molar refractivity (Wildman–Crippen MR) is 58.6 cm³/mol. The molecule has 1 heterocycles. The molecule has 1 aromatic carbocycles. The first-order valence-electron chi connectivity index (χ1n) is 4.42. The zero-order valence-corrected chi connectivity index (χ0v) is 9.75. The van der Waals surface area contributed by atoms with Crippen molar-refractivity contribution in [3.05, 3.63) is 40.0 Å². The highest BCUT2D eigenvalue weighted by atomic mass is 79.9. The van der Waals surface area contributed by atoms with E-state index >= 15 is 0 Å². The number of H-pyrrole nitrogens is 1. The first kappa shape index (κ1) is 11.7. The lowest BCUT2D eigenvalue weighted by atomic mass is 10.1. The fourth-order valence-corrected chi connectivity index (χ4v) is 1.72. The zero-order chi connectivity index (χ0) is 12.6. The maximum Gasteiger partial charge on any atom is 0.353 e. The Hall–Kier alpha value is -1.76. The number of hydrogen-bond acceptors (Lipinski definition) is 2. The van der Waals surface area contributed by atoms with Crippen LogP contribution in [-0.2, 0) is 0 Å². The second-order valence-electron chi connectivity index (χ2n) is 3.23. The third kappa shape index (κ3) is 2.19. The summed E-state index contributed by atoms with van der Waals surface area (Å²) in [6.45, 7) is 0. The molecular weight excluding hydrogens is 298 g/mol. The quantitative estimate of drug-likeness (QED) is 0.838. The molecule has 0 unspecified atom stereocenters. The molecule has 0 saturated heterocycles. The SMILES string of the molecule is O=C(O)c1cc(-c2cc(F)c(F)c(Br)c2)n[nH]1. The lowest BCUT2D eigenvalue weighted by Gasteiger charge is -2.00. The number of nitrogens with one attached hydrogen (secondary N) is 1. The van der Waals surface area contributed by atoms with E-state index in [0.717, 1.165) is 6.07 Å². The van der Waals surface area contributed by atoms with E-state index < -0.39 is 17.6 Å². The Bertz CT molecular complexity index is 575. The maximum absolute atomic E-state index is 13.1. The standard InChI is InChI=1S/C10H5BrF2N2O2/c11-5-1-4(2-6(12)9(5)13)7-3-8(10(16)17)15-14-7/h1-3H,(H,14,15)(H,16,17). The minimum atomic E-state index is -1.18. The summed E-state index contributed by atoms with van der Waals surface area (Å²) in [5, 5.41) is 14.7. The van der Waals surface area contributed by atoms with Gasteiger partial charge >= 0.3 is 5.97 Å². The van der Waals surface area contributed by atoms with Gasteiger partial charge in [0, 0.05) is 5.56 Å². The van der Waals surface area contributed by atoms with Crippen LogP contribution in [0, 0.1) is 11.6 Å². The van der Waals surface area contributed by atoms with Crippen molar-refractivity contribution in [2.24, 2.45) is 0 Å². The predicted octanol–water partition coefficient (Wildman–Crippen LogP) is 2.82. The van der Waals surface area contributed by atoms with Gasteiger partial charge < -0.3 is 5.11 Å². The Balaban J connectivity index is 2.49. The minimum Gasteiger partial charge on any atom is -0.477 e. The van der Waals surface area contributed by atoms with Gasteiger partial charge in [0.25, 0.3) is 0 Å². The molecule has 0 aliphatic carbocycles. The van der Waals surface area contributed by atoms with Crippen molar-refractivity contribution in [1.82, 2.24) is 10.2 Å². The summed E-state index contributed by atoms with van der Waals surface area (Å²) in [5.41, 5.74) is 0.377. The third-order valence-electron chi connectivity index (χ3n) is 2.09. The van der Waals surface area contributed by atoms with Crippen LogP contribution in [0.5, 0.6) is 0 Å². The van der Waals surface area contributed by atoms with Crippen LogP contribution < -0.4 is 0 Å². The molecule has 0 fully saturated rings. The Morgan fingerprint density at radius 1 is 1.35 bits per heavy atom. The molecule has 17 heavy (non-hydrogen) atoms. The summed E-state index contributed by atoms with van der Waals surface area (Å²) in [4.78, 5) is 10.6. The molecule has 0 aliphatic rings. The third-order valence-corrected chi connectivity index (χ3v) is 2.66. The fraction of sp³-hybridized carbons (Fsp3) is 0. The van der Waals surface area contributed by atoms with Crippen LogP contribution in [0.1, 0.15) is 10.5 Å². The van der Waals surface area contributed by atoms with E-state index in [1.807, 2.05) is 0 Å². The minimum absolute atomic E-state index is 0.0487. The van der Waals surface area contributed by atoms with Gasteiger partial charge in [-0.1, -0.05) is 0 Å². The lowest BCUT2D eigenvalue weighted by molar-refractivity contribution is 0.0690. The molecule has 0 radical (unpaired) electrons. The molecule has 1 aromatic heterocycles. The molecule has 7 heteroatoms. The number of carboxylic acid groups (broad SMARTS) is 1. The van der Waals surface area contributed by atoms with Crippen LogP contribution >= 0.6 is 15.9 Å². The highest BCUT2D eigenvalue weighted by Crippen LogP contribution is 2.26. The molecule has 0 spiro atoms. The van der Waals surface area contributed by atoms with Crippen LogP contribution in [0.15, 0.2) is 22.7 Å². The molecule has 0 bridgehead atoms. The van der Waals surface area contributed by atoms with Crippen LogP contribution in [0.25, 0.3) is 11.3 Å². The van der Waals surface area contributed by atoms with Crippen molar-refractivity contribution in [2.75, 3.05) is 0 Å². The Labute approximate surface area is 102 Å². The first-order valence-corrected chi connectivity index (χ1v) is 5.22. The van der Waals surface area contributed by atoms with Crippen molar-refractivity contribution in [3.63, 3.8) is 0 Å². The number of aromatic amines is 1. The van der Waals surface area contributed by atoms with Crippen molar-refractivity contribution >= 4 is 21.9 Å². The number of nitrogens with zero attached hydrogens (tertiary/aromatic N) is 1. The highest BCUT2D eigenvalue weighted by Gasteiger charge is 2.13. The van der Waals surface area contributed by atoms with Gasteiger partial charge in [-0.2, -0.15) is 5.10 Å². The van der Waals surface area contributed by atoms with Crippen LogP contribution in [0.3, 0.4) is 0 Å². The Morgan fingerprint density at radius 2 is 2.06 bits per heavy atom. The molecule has 0 amide bonds. The smallest absolute Gasteiger partial charge is 0.353 e. The molecule has 0 aliphatic heterocycles. The topological polar surface area (TPSA) is 66.0 Å². The van der Waals surface area contributed by atoms with Gasteiger partial charge in [0.1, 0.15) is 5.69 Å². The van der Waals surface area contributed by atoms with E-state index in [1.54, 1.807) is 0 Å². The average Bonchev–Trinajstić information content (AvgIpc) is 2.74. The number of hydrogen-bond donors (Lipinski definition) is 2. The number of benzene rings is 1. The number of rotatable bonds is 2. The number of carbonyl (C=O) groups is 1. The van der Waals surface area contributed by atoms with E-state index in [9.17, 15) is 13.6 Å². The highest BCUT2D eigenvalue weighted by molar-refractivity contribution is 9.10. The maximum atomic E-state index is 13.1. The molecule has 0 atom stereocenters. The number of halogens is 3. The van der Waals surface area contributed by atoms with Crippen molar-refractivity contribution in [3.8, 4) is 11.3 Å². The average molecular weight is 303 g/mol. The van der Waals surface area contributed by atoms with Gasteiger partial charge in [0.15, 0.2) is 11.6 Å². The van der Waals surface area contributed by atoms with E-state index in [-0.39, 0.29) is 21.4 Å². The number of aromatic nitrogens is 2. The second-order valence-corrected chi connectivity index (χ2v) is 4.08. The van der Waals surface area contributed by atoms with E-state index in [2.05, 4.69) is 26.1 Å². The van der Waals surface area contributed by atoms with Crippen molar-refractivity contribution < 1.29 is 18.7 Å². The van der Waals surface area contributed by atoms with Crippen molar-refractivity contribution in [1.29, 1.82) is 0 Å². The lowest BCUT2D eigenvalue weighted by Crippen LogP contribution is -1.95. The van der Waals surface area contributed by atoms with E-state index in [4.69, 9.17) is 5.11 Å².